The third kappa shape index (κ3) is 3.51. The Morgan fingerprint density at radius 3 is 2.79 bits per heavy atom. The van der Waals surface area contributed by atoms with Gasteiger partial charge in [0.05, 0.1) is 0 Å². The summed E-state index contributed by atoms with van der Waals surface area (Å²) in [6, 6.07) is 12.3. The Morgan fingerprint density at radius 2 is 2.00 bits per heavy atom. The molecule has 0 bridgehead atoms. The molecule has 1 aliphatic rings. The van der Waals surface area contributed by atoms with Gasteiger partial charge in [0.15, 0.2) is 6.61 Å². The minimum atomic E-state index is -1.06. The summed E-state index contributed by atoms with van der Waals surface area (Å²) < 4.78 is 5.13. The van der Waals surface area contributed by atoms with E-state index in [2.05, 4.69) is 0 Å². The molecule has 3 rings (SSSR count). The fourth-order valence-electron chi connectivity index (χ4n) is 2.78. The third-order valence-electron chi connectivity index (χ3n) is 3.94. The molecule has 0 saturated heterocycles. The first kappa shape index (κ1) is 16.3. The molecule has 0 radical (unpaired) electrons. The van der Waals surface area contributed by atoms with E-state index in [1.807, 2.05) is 18.2 Å². The Morgan fingerprint density at radius 1 is 1.21 bits per heavy atom. The van der Waals surface area contributed by atoms with E-state index in [0.29, 0.717) is 24.4 Å². The van der Waals surface area contributed by atoms with Crippen molar-refractivity contribution in [3.63, 3.8) is 0 Å². The van der Waals surface area contributed by atoms with Crippen molar-refractivity contribution in [3.8, 4) is 5.75 Å². The normalized spacial score (nSPS) is 13.3. The SMILES string of the molecule is O=C(O)COc1cccc(C(=O)N2CCc3c(Cl)cccc3C2)c1. The van der Waals surface area contributed by atoms with Crippen LogP contribution < -0.4 is 4.74 Å². The van der Waals surface area contributed by atoms with Gasteiger partial charge in [-0.05, 0) is 41.8 Å². The maximum absolute atomic E-state index is 12.7. The lowest BCUT2D eigenvalue weighted by molar-refractivity contribution is -0.139. The highest BCUT2D eigenvalue weighted by Crippen LogP contribution is 2.27. The lowest BCUT2D eigenvalue weighted by Gasteiger charge is -2.29. The summed E-state index contributed by atoms with van der Waals surface area (Å²) in [5.41, 5.74) is 2.63. The van der Waals surface area contributed by atoms with Gasteiger partial charge in [-0.15, -0.1) is 0 Å². The number of halogens is 1. The minimum Gasteiger partial charge on any atom is -0.482 e. The van der Waals surface area contributed by atoms with Crippen molar-refractivity contribution in [2.45, 2.75) is 13.0 Å². The minimum absolute atomic E-state index is 0.110. The van der Waals surface area contributed by atoms with Gasteiger partial charge in [0.2, 0.25) is 0 Å². The summed E-state index contributed by atoms with van der Waals surface area (Å²) in [5, 5.41) is 9.40. The van der Waals surface area contributed by atoms with Gasteiger partial charge in [0.25, 0.3) is 5.91 Å². The number of carbonyl (C=O) groups excluding carboxylic acids is 1. The van der Waals surface area contributed by atoms with E-state index in [1.165, 1.54) is 0 Å². The Hall–Kier alpha value is -2.53. The van der Waals surface area contributed by atoms with Gasteiger partial charge >= 0.3 is 5.97 Å². The van der Waals surface area contributed by atoms with Gasteiger partial charge in [0.1, 0.15) is 5.75 Å². The van der Waals surface area contributed by atoms with Crippen LogP contribution in [0.4, 0.5) is 0 Å². The molecule has 1 N–H and O–H groups in total. The smallest absolute Gasteiger partial charge is 0.341 e. The van der Waals surface area contributed by atoms with Crippen molar-refractivity contribution in [1.82, 2.24) is 4.90 Å². The topological polar surface area (TPSA) is 66.8 Å². The summed E-state index contributed by atoms with van der Waals surface area (Å²) in [7, 11) is 0. The van der Waals surface area contributed by atoms with Crippen LogP contribution in [0.3, 0.4) is 0 Å². The number of carboxylic acid groups (broad SMARTS) is 1. The van der Waals surface area contributed by atoms with E-state index in [0.717, 1.165) is 22.6 Å². The number of amides is 1. The van der Waals surface area contributed by atoms with Gasteiger partial charge in [0, 0.05) is 23.7 Å². The fraction of sp³-hybridized carbons (Fsp3) is 0.222. The molecule has 2 aromatic rings. The number of rotatable bonds is 4. The van der Waals surface area contributed by atoms with E-state index in [1.54, 1.807) is 29.2 Å². The molecule has 5 nitrogen and oxygen atoms in total. The summed E-state index contributed by atoms with van der Waals surface area (Å²) in [4.78, 5) is 25.0. The average Bonchev–Trinajstić information content (AvgIpc) is 2.59. The molecule has 0 atom stereocenters. The highest BCUT2D eigenvalue weighted by molar-refractivity contribution is 6.31. The molecule has 0 aromatic heterocycles. The van der Waals surface area contributed by atoms with Crippen LogP contribution >= 0.6 is 11.6 Å². The molecule has 24 heavy (non-hydrogen) atoms. The van der Waals surface area contributed by atoms with Crippen LogP contribution in [0, 0.1) is 0 Å². The van der Waals surface area contributed by atoms with E-state index < -0.39 is 12.6 Å². The van der Waals surface area contributed by atoms with E-state index >= 15 is 0 Å². The van der Waals surface area contributed by atoms with Crippen molar-refractivity contribution in [3.05, 3.63) is 64.2 Å². The first-order valence-corrected chi connectivity index (χ1v) is 7.92. The standard InChI is InChI=1S/C18H16ClNO4/c19-16-6-2-4-13-10-20(8-7-15(13)16)18(23)12-3-1-5-14(9-12)24-11-17(21)22/h1-6,9H,7-8,10-11H2,(H,21,22). The number of ether oxygens (including phenoxy) is 1. The van der Waals surface area contributed by atoms with Gasteiger partial charge < -0.3 is 14.7 Å². The Balaban J connectivity index is 1.75. The molecule has 0 saturated carbocycles. The quantitative estimate of drug-likeness (QED) is 0.925. The second-order valence-electron chi connectivity index (χ2n) is 5.56. The first-order chi connectivity index (χ1) is 11.5. The molecule has 2 aromatic carbocycles. The molecule has 1 heterocycles. The number of hydrogen-bond acceptors (Lipinski definition) is 3. The highest BCUT2D eigenvalue weighted by Gasteiger charge is 2.23. The number of carboxylic acids is 1. The van der Waals surface area contributed by atoms with Gasteiger partial charge in [-0.3, -0.25) is 4.79 Å². The summed E-state index contributed by atoms with van der Waals surface area (Å²) >= 11 is 6.20. The summed E-state index contributed by atoms with van der Waals surface area (Å²) in [6.45, 7) is 0.665. The zero-order valence-electron chi connectivity index (χ0n) is 12.9. The molecular formula is C18H16ClNO4. The Kier molecular flexibility index (Phi) is 4.71. The van der Waals surface area contributed by atoms with Crippen LogP contribution in [0.5, 0.6) is 5.75 Å². The molecule has 1 aliphatic heterocycles. The number of benzene rings is 2. The number of aliphatic carboxylic acids is 1. The van der Waals surface area contributed by atoms with Crippen LogP contribution in [-0.2, 0) is 17.8 Å². The molecule has 0 spiro atoms. The van der Waals surface area contributed by atoms with Crippen molar-refractivity contribution in [2.24, 2.45) is 0 Å². The second-order valence-corrected chi connectivity index (χ2v) is 5.97. The third-order valence-corrected chi connectivity index (χ3v) is 4.29. The maximum atomic E-state index is 12.7. The number of hydrogen-bond donors (Lipinski definition) is 1. The fourth-order valence-corrected chi connectivity index (χ4v) is 3.07. The molecule has 124 valence electrons. The van der Waals surface area contributed by atoms with Crippen molar-refractivity contribution >= 4 is 23.5 Å². The Bertz CT molecular complexity index is 790. The zero-order valence-corrected chi connectivity index (χ0v) is 13.6. The summed E-state index contributed by atoms with van der Waals surface area (Å²) in [6.07, 6.45) is 0.718. The predicted octanol–water partition coefficient (Wildman–Crippen LogP) is 3.00. The zero-order chi connectivity index (χ0) is 17.1. The monoisotopic (exact) mass is 345 g/mol. The van der Waals surface area contributed by atoms with Crippen molar-refractivity contribution in [2.75, 3.05) is 13.2 Å². The predicted molar refractivity (Wildman–Crippen MR) is 89.5 cm³/mol. The van der Waals surface area contributed by atoms with Gasteiger partial charge in [-0.1, -0.05) is 29.8 Å². The molecular weight excluding hydrogens is 330 g/mol. The molecule has 0 aliphatic carbocycles. The number of fused-ring (bicyclic) bond motifs is 1. The molecule has 1 amide bonds. The average molecular weight is 346 g/mol. The second kappa shape index (κ2) is 6.93. The van der Waals surface area contributed by atoms with Crippen LogP contribution in [-0.4, -0.2) is 35.0 Å². The van der Waals surface area contributed by atoms with E-state index in [9.17, 15) is 9.59 Å². The lowest BCUT2D eigenvalue weighted by Crippen LogP contribution is -2.36. The van der Waals surface area contributed by atoms with E-state index in [4.69, 9.17) is 21.4 Å². The van der Waals surface area contributed by atoms with Crippen LogP contribution in [0.1, 0.15) is 21.5 Å². The lowest BCUT2D eigenvalue weighted by atomic mass is 9.99. The van der Waals surface area contributed by atoms with Gasteiger partial charge in [-0.25, -0.2) is 4.79 Å². The van der Waals surface area contributed by atoms with Crippen molar-refractivity contribution < 1.29 is 19.4 Å². The maximum Gasteiger partial charge on any atom is 0.341 e. The van der Waals surface area contributed by atoms with Crippen LogP contribution in [0.2, 0.25) is 5.02 Å². The molecule has 6 heteroatoms. The largest absolute Gasteiger partial charge is 0.482 e. The van der Waals surface area contributed by atoms with Crippen molar-refractivity contribution in [1.29, 1.82) is 0 Å². The van der Waals surface area contributed by atoms with Crippen LogP contribution in [0.15, 0.2) is 42.5 Å². The molecule has 0 unspecified atom stereocenters. The highest BCUT2D eigenvalue weighted by atomic mass is 35.5. The Labute approximate surface area is 144 Å². The number of carbonyl (C=O) groups is 2. The number of nitrogens with zero attached hydrogens (tertiary/aromatic N) is 1. The summed E-state index contributed by atoms with van der Waals surface area (Å²) in [5.74, 6) is -0.804. The van der Waals surface area contributed by atoms with Gasteiger partial charge in [-0.2, -0.15) is 0 Å². The van der Waals surface area contributed by atoms with E-state index in [-0.39, 0.29) is 5.91 Å². The van der Waals surface area contributed by atoms with Crippen LogP contribution in [0.25, 0.3) is 0 Å². The molecule has 0 fully saturated rings. The first-order valence-electron chi connectivity index (χ1n) is 7.55.